The van der Waals surface area contributed by atoms with Crippen LogP contribution in [0.2, 0.25) is 0 Å². The van der Waals surface area contributed by atoms with Gasteiger partial charge in [0.15, 0.2) is 0 Å². The molecule has 0 bridgehead atoms. The summed E-state index contributed by atoms with van der Waals surface area (Å²) in [6.07, 6.45) is 21.5. The third-order valence-electron chi connectivity index (χ3n) is 7.14. The van der Waals surface area contributed by atoms with E-state index < -0.39 is 36.2 Å². The van der Waals surface area contributed by atoms with Crippen LogP contribution in [0.25, 0.3) is 0 Å². The first-order valence-corrected chi connectivity index (χ1v) is 26.4. The van der Waals surface area contributed by atoms with Gasteiger partial charge in [-0.1, -0.05) is 117 Å². The molecule has 0 saturated carbocycles. The van der Waals surface area contributed by atoms with Crippen molar-refractivity contribution in [1.82, 2.24) is 4.90 Å². The summed E-state index contributed by atoms with van der Waals surface area (Å²) in [5, 5.41) is 18.7. The Labute approximate surface area is 266 Å². The molecule has 0 spiro atoms. The van der Waals surface area contributed by atoms with Crippen molar-refractivity contribution < 1.29 is 29.4 Å². The molecule has 0 fully saturated rings. The van der Waals surface area contributed by atoms with E-state index in [0.29, 0.717) is 47.3 Å². The minimum atomic E-state index is -1.42. The van der Waals surface area contributed by atoms with Crippen molar-refractivity contribution in [3.8, 4) is 0 Å². The zero-order valence-electron chi connectivity index (χ0n) is 25.8. The number of rotatable bonds is 25. The van der Waals surface area contributed by atoms with Crippen molar-refractivity contribution in [3.05, 3.63) is 10.2 Å². The molecule has 1 aliphatic heterocycles. The van der Waals surface area contributed by atoms with E-state index in [2.05, 4.69) is 24.0 Å². The van der Waals surface area contributed by atoms with E-state index in [1.807, 2.05) is 0 Å². The number of carboxylic acids is 2. The zero-order valence-corrected chi connectivity index (χ0v) is 30.4. The molecule has 41 heavy (non-hydrogen) atoms. The molecule has 0 unspecified atom stereocenters. The Morgan fingerprint density at radius 3 is 1.37 bits per heavy atom. The van der Waals surface area contributed by atoms with Crippen LogP contribution in [0.5, 0.6) is 0 Å². The van der Waals surface area contributed by atoms with Gasteiger partial charge in [0.05, 0.1) is 0 Å². The van der Waals surface area contributed by atoms with Gasteiger partial charge in [0.1, 0.15) is 6.04 Å². The summed E-state index contributed by atoms with van der Waals surface area (Å²) in [6.45, 7) is 4.39. The summed E-state index contributed by atoms with van der Waals surface area (Å²) in [5.41, 5.74) is 0. The Bertz CT molecular complexity index is 691. The number of allylic oxidation sites excluding steroid dienone is 1. The maximum atomic E-state index is 12.9. The number of unbranched alkanes of at least 4 members (excludes halogenated alkanes) is 16. The number of halogens is 2. The molecule has 9 heteroatoms. The van der Waals surface area contributed by atoms with Crippen LogP contribution in [0.1, 0.15) is 155 Å². The van der Waals surface area contributed by atoms with Gasteiger partial charge in [0.2, 0.25) is 11.8 Å². The number of amides is 2. The molecule has 1 atom stereocenters. The number of hydrogen-bond donors (Lipinski definition) is 2. The third-order valence-corrected chi connectivity index (χ3v) is 16.7. The summed E-state index contributed by atoms with van der Waals surface area (Å²) in [7, 11) is 0. The molecule has 0 saturated heterocycles. The van der Waals surface area contributed by atoms with Crippen LogP contribution in [-0.4, -0.2) is 49.3 Å². The normalized spacial score (nSPS) is 13.3. The topological polar surface area (TPSA) is 112 Å². The fourth-order valence-electron chi connectivity index (χ4n) is 4.72. The molecule has 0 aromatic carbocycles. The van der Waals surface area contributed by atoms with E-state index in [1.54, 1.807) is 0 Å². The summed E-state index contributed by atoms with van der Waals surface area (Å²) in [5.74, 6) is -3.44. The second-order valence-electron chi connectivity index (χ2n) is 10.9. The molecule has 0 aromatic rings. The fourth-order valence-corrected chi connectivity index (χ4v) is 13.4. The third kappa shape index (κ3) is 24.4. The van der Waals surface area contributed by atoms with Gasteiger partial charge in [-0.25, -0.2) is 4.79 Å². The van der Waals surface area contributed by atoms with Gasteiger partial charge >= 0.3 is 61.0 Å². The average Bonchev–Trinajstić information content (AvgIpc) is 3.53. The number of carbonyl (C=O) groups is 4. The van der Waals surface area contributed by atoms with E-state index in [1.165, 1.54) is 68.6 Å². The van der Waals surface area contributed by atoms with Crippen LogP contribution in [-0.2, 0) is 19.2 Å². The first-order chi connectivity index (χ1) is 19.8. The quantitative estimate of drug-likeness (QED) is 0.0541. The number of carbonyl (C=O) groups excluding carboxylic acids is 2. The molecule has 2 amide bonds. The average molecular weight is 808 g/mol. The number of nitrogens with zero attached hydrogens (tertiary/aromatic N) is 1. The Kier molecular flexibility index (Phi) is 28.8. The summed E-state index contributed by atoms with van der Waals surface area (Å²) in [4.78, 5) is 49.6. The van der Waals surface area contributed by atoms with Crippen LogP contribution in [0.4, 0.5) is 0 Å². The van der Waals surface area contributed by atoms with E-state index >= 15 is 0 Å². The van der Waals surface area contributed by atoms with E-state index in [-0.39, 0.29) is 19.3 Å². The summed E-state index contributed by atoms with van der Waals surface area (Å²) in [6, 6.07) is -1.42. The van der Waals surface area contributed by atoms with Gasteiger partial charge < -0.3 is 10.2 Å². The summed E-state index contributed by atoms with van der Waals surface area (Å²) >= 11 is 1.18. The SMILES string of the molecule is C1=C[IH][IH]C1.CCCCCCCCCCCC(=O)N(C(=O)CCCCCCCCCCC)[C@@H](CCC(=O)O)C(=O)O. The van der Waals surface area contributed by atoms with Crippen LogP contribution in [0, 0.1) is 0 Å². The van der Waals surface area contributed by atoms with Crippen molar-refractivity contribution in [3.63, 3.8) is 0 Å². The first kappa shape index (κ1) is 40.3. The number of alkyl halides is 1. The molecule has 242 valence electrons. The van der Waals surface area contributed by atoms with Gasteiger partial charge in [-0.2, -0.15) is 0 Å². The second kappa shape index (κ2) is 29.4. The summed E-state index contributed by atoms with van der Waals surface area (Å²) < 4.78 is 3.93. The van der Waals surface area contributed by atoms with Crippen LogP contribution < -0.4 is 0 Å². The molecule has 0 aromatic heterocycles. The fraction of sp³-hybridized carbons (Fsp3) is 0.812. The first-order valence-electron chi connectivity index (χ1n) is 16.1. The number of carboxylic acid groups (broad SMARTS) is 2. The van der Waals surface area contributed by atoms with Crippen LogP contribution >= 0.6 is 34.5 Å². The van der Waals surface area contributed by atoms with Gasteiger partial charge in [-0.15, -0.1) is 0 Å². The molecular weight excluding hydrogens is 748 g/mol. The molecular formula is C32H59I2NO6. The molecule has 1 rings (SSSR count). The van der Waals surface area contributed by atoms with Crippen LogP contribution in [0.3, 0.4) is 0 Å². The zero-order chi connectivity index (χ0) is 30.6. The van der Waals surface area contributed by atoms with Gasteiger partial charge in [-0.3, -0.25) is 19.3 Å². The number of imide groups is 1. The minimum absolute atomic E-state index is 0.121. The second-order valence-corrected chi connectivity index (χ2v) is 22.0. The smallest absolute Gasteiger partial charge is 0.326 e. The molecule has 0 radical (unpaired) electrons. The molecule has 0 aliphatic carbocycles. The Hall–Kier alpha value is -0.720. The number of aliphatic carboxylic acids is 2. The molecule has 1 aliphatic rings. The largest absolute Gasteiger partial charge is 0.481 e. The van der Waals surface area contributed by atoms with Gasteiger partial charge in [0, 0.05) is 19.3 Å². The van der Waals surface area contributed by atoms with Crippen LogP contribution in [0.15, 0.2) is 10.2 Å². The van der Waals surface area contributed by atoms with E-state index in [4.69, 9.17) is 5.11 Å². The molecule has 2 N–H and O–H groups in total. The van der Waals surface area contributed by atoms with Crippen molar-refractivity contribution in [2.45, 2.75) is 161 Å². The van der Waals surface area contributed by atoms with Gasteiger partial charge in [0.25, 0.3) is 0 Å². The molecule has 1 heterocycles. The Morgan fingerprint density at radius 2 is 1.07 bits per heavy atom. The maximum absolute atomic E-state index is 12.9. The monoisotopic (exact) mass is 807 g/mol. The minimum Gasteiger partial charge on any atom is -0.481 e. The van der Waals surface area contributed by atoms with Crippen molar-refractivity contribution in [2.24, 2.45) is 0 Å². The Morgan fingerprint density at radius 1 is 0.659 bits per heavy atom. The van der Waals surface area contributed by atoms with Crippen molar-refractivity contribution in [2.75, 3.05) is 4.43 Å². The van der Waals surface area contributed by atoms with E-state index in [9.17, 15) is 24.3 Å². The van der Waals surface area contributed by atoms with Crippen molar-refractivity contribution in [1.29, 1.82) is 0 Å². The van der Waals surface area contributed by atoms with E-state index in [0.717, 1.165) is 43.4 Å². The number of hydrogen-bond acceptors (Lipinski definition) is 4. The maximum Gasteiger partial charge on any atom is 0.326 e. The standard InChI is InChI=1S/C29H53NO6.C3H6I2/c1-3-5-7-9-11-13-15-17-19-21-26(31)30(25(29(35)36)23-24-28(33)34)27(32)22-20-18-16-14-12-10-8-6-4-2;1-2-4-5-3-1/h25H,3-24H2,1-2H3,(H,33,34)(H,35,36);1-2,4-5H,3H2/t25-;/m0./s1. The van der Waals surface area contributed by atoms with Crippen molar-refractivity contribution >= 4 is 58.2 Å². The predicted molar refractivity (Wildman–Crippen MR) is 189 cm³/mol. The Balaban J connectivity index is 0.00000286. The predicted octanol–water partition coefficient (Wildman–Crippen LogP) is 9.34. The molecule has 7 nitrogen and oxygen atoms in total. The van der Waals surface area contributed by atoms with Gasteiger partial charge in [-0.05, 0) is 19.3 Å².